The highest BCUT2D eigenvalue weighted by Crippen LogP contribution is 2.25. The van der Waals surface area contributed by atoms with Crippen LogP contribution in [0.15, 0.2) is 36.9 Å². The first kappa shape index (κ1) is 13.9. The first-order valence-corrected chi connectivity index (χ1v) is 7.48. The Bertz CT molecular complexity index is 556. The van der Waals surface area contributed by atoms with Gasteiger partial charge in [-0.2, -0.15) is 0 Å². The number of aromatic nitrogens is 3. The first-order valence-electron chi connectivity index (χ1n) is 7.48. The van der Waals surface area contributed by atoms with E-state index < -0.39 is 0 Å². The van der Waals surface area contributed by atoms with Crippen LogP contribution in [0.3, 0.4) is 0 Å². The summed E-state index contributed by atoms with van der Waals surface area (Å²) in [6.45, 7) is 1.22. The average Bonchev–Trinajstić information content (AvgIpc) is 2.57. The molecule has 0 spiro atoms. The van der Waals surface area contributed by atoms with Crippen LogP contribution >= 0.6 is 0 Å². The van der Waals surface area contributed by atoms with Crippen LogP contribution in [-0.4, -0.2) is 39.3 Å². The standard InChI is InChI=1S/C16H20N4O/c21-10-6-14-3-1-2-9-20(14)16-12-18-15(11-19-16)13-4-7-17-8-5-13/h4-5,7-8,11-12,14,21H,1-3,6,9-10H2. The summed E-state index contributed by atoms with van der Waals surface area (Å²) in [5.74, 6) is 0.908. The largest absolute Gasteiger partial charge is 0.396 e. The van der Waals surface area contributed by atoms with Crippen molar-refractivity contribution in [2.24, 2.45) is 0 Å². The lowest BCUT2D eigenvalue weighted by molar-refractivity contribution is 0.262. The number of rotatable bonds is 4. The van der Waals surface area contributed by atoms with Crippen LogP contribution in [0.4, 0.5) is 5.82 Å². The Balaban J connectivity index is 1.79. The Morgan fingerprint density at radius 2 is 2.00 bits per heavy atom. The smallest absolute Gasteiger partial charge is 0.147 e. The number of hydrogen-bond donors (Lipinski definition) is 1. The number of piperidine rings is 1. The third kappa shape index (κ3) is 3.19. The molecule has 3 heterocycles. The van der Waals surface area contributed by atoms with Gasteiger partial charge in [-0.25, -0.2) is 4.98 Å². The molecular formula is C16H20N4O. The quantitative estimate of drug-likeness (QED) is 0.933. The van der Waals surface area contributed by atoms with E-state index in [1.165, 1.54) is 12.8 Å². The molecule has 110 valence electrons. The van der Waals surface area contributed by atoms with Crippen LogP contribution in [0.1, 0.15) is 25.7 Å². The maximum Gasteiger partial charge on any atom is 0.147 e. The van der Waals surface area contributed by atoms with E-state index in [2.05, 4.69) is 19.9 Å². The van der Waals surface area contributed by atoms with E-state index in [1.54, 1.807) is 12.4 Å². The summed E-state index contributed by atoms with van der Waals surface area (Å²) < 4.78 is 0. The lowest BCUT2D eigenvalue weighted by Crippen LogP contribution is -2.40. The number of hydrogen-bond acceptors (Lipinski definition) is 5. The SMILES string of the molecule is OCCC1CCCCN1c1cnc(-c2ccncc2)cn1. The molecule has 5 heteroatoms. The van der Waals surface area contributed by atoms with Gasteiger partial charge in [0.2, 0.25) is 0 Å². The van der Waals surface area contributed by atoms with Crippen LogP contribution < -0.4 is 4.90 Å². The topological polar surface area (TPSA) is 62.1 Å². The van der Waals surface area contributed by atoms with E-state index in [1.807, 2.05) is 24.5 Å². The van der Waals surface area contributed by atoms with Crippen molar-refractivity contribution >= 4 is 5.82 Å². The van der Waals surface area contributed by atoms with Crippen LogP contribution in [0, 0.1) is 0 Å². The zero-order valence-corrected chi connectivity index (χ0v) is 12.0. The molecule has 1 N–H and O–H groups in total. The molecule has 0 amide bonds. The lowest BCUT2D eigenvalue weighted by atomic mass is 10.00. The highest BCUT2D eigenvalue weighted by atomic mass is 16.3. The van der Waals surface area contributed by atoms with Crippen LogP contribution in [0.25, 0.3) is 11.3 Å². The van der Waals surface area contributed by atoms with E-state index in [-0.39, 0.29) is 6.61 Å². The minimum atomic E-state index is 0.226. The highest BCUT2D eigenvalue weighted by Gasteiger charge is 2.23. The van der Waals surface area contributed by atoms with Gasteiger partial charge in [0, 0.05) is 37.2 Å². The van der Waals surface area contributed by atoms with Gasteiger partial charge in [0.05, 0.1) is 18.1 Å². The summed E-state index contributed by atoms with van der Waals surface area (Å²) in [6, 6.07) is 4.24. The number of aliphatic hydroxyl groups is 1. The molecule has 0 aromatic carbocycles. The van der Waals surface area contributed by atoms with Gasteiger partial charge in [0.25, 0.3) is 0 Å². The predicted octanol–water partition coefficient (Wildman–Crippen LogP) is 2.28. The van der Waals surface area contributed by atoms with Gasteiger partial charge < -0.3 is 10.0 Å². The van der Waals surface area contributed by atoms with Crippen molar-refractivity contribution in [2.75, 3.05) is 18.1 Å². The van der Waals surface area contributed by atoms with Crippen molar-refractivity contribution in [1.29, 1.82) is 0 Å². The zero-order valence-electron chi connectivity index (χ0n) is 12.0. The van der Waals surface area contributed by atoms with Gasteiger partial charge in [-0.1, -0.05) is 0 Å². The summed E-state index contributed by atoms with van der Waals surface area (Å²) in [5, 5.41) is 9.21. The molecule has 1 fully saturated rings. The van der Waals surface area contributed by atoms with E-state index >= 15 is 0 Å². The molecule has 1 aliphatic heterocycles. The molecule has 0 aliphatic carbocycles. The molecule has 5 nitrogen and oxygen atoms in total. The second-order valence-electron chi connectivity index (χ2n) is 5.35. The van der Waals surface area contributed by atoms with Crippen molar-refractivity contribution in [3.8, 4) is 11.3 Å². The molecule has 1 aliphatic rings. The van der Waals surface area contributed by atoms with Crippen LogP contribution in [-0.2, 0) is 0 Å². The van der Waals surface area contributed by atoms with Crippen molar-refractivity contribution < 1.29 is 5.11 Å². The zero-order chi connectivity index (χ0) is 14.5. The lowest BCUT2D eigenvalue weighted by Gasteiger charge is -2.36. The third-order valence-corrected chi connectivity index (χ3v) is 4.00. The monoisotopic (exact) mass is 284 g/mol. The first-order chi connectivity index (χ1) is 10.4. The van der Waals surface area contributed by atoms with E-state index in [4.69, 9.17) is 0 Å². The van der Waals surface area contributed by atoms with E-state index in [9.17, 15) is 5.11 Å². The van der Waals surface area contributed by atoms with Gasteiger partial charge in [0.1, 0.15) is 5.82 Å². The molecule has 21 heavy (non-hydrogen) atoms. The minimum absolute atomic E-state index is 0.226. The Morgan fingerprint density at radius 3 is 2.71 bits per heavy atom. The van der Waals surface area contributed by atoms with Gasteiger partial charge >= 0.3 is 0 Å². The van der Waals surface area contributed by atoms with Gasteiger partial charge in [0.15, 0.2) is 0 Å². The van der Waals surface area contributed by atoms with Crippen molar-refractivity contribution in [3.05, 3.63) is 36.9 Å². The summed E-state index contributed by atoms with van der Waals surface area (Å²) in [6.07, 6.45) is 11.5. The van der Waals surface area contributed by atoms with E-state index in [0.29, 0.717) is 6.04 Å². The molecule has 1 unspecified atom stereocenters. The van der Waals surface area contributed by atoms with Crippen molar-refractivity contribution in [1.82, 2.24) is 15.0 Å². The normalized spacial score (nSPS) is 18.7. The number of anilines is 1. The van der Waals surface area contributed by atoms with Crippen LogP contribution in [0.2, 0.25) is 0 Å². The molecular weight excluding hydrogens is 264 g/mol. The molecule has 0 bridgehead atoms. The molecule has 0 radical (unpaired) electrons. The van der Waals surface area contributed by atoms with Crippen LogP contribution in [0.5, 0.6) is 0 Å². The summed E-state index contributed by atoms with van der Waals surface area (Å²) in [7, 11) is 0. The summed E-state index contributed by atoms with van der Waals surface area (Å²) >= 11 is 0. The molecule has 2 aromatic heterocycles. The number of aliphatic hydroxyl groups excluding tert-OH is 1. The van der Waals surface area contributed by atoms with Crippen molar-refractivity contribution in [2.45, 2.75) is 31.7 Å². The number of nitrogens with zero attached hydrogens (tertiary/aromatic N) is 4. The maximum absolute atomic E-state index is 9.21. The van der Waals surface area contributed by atoms with Crippen molar-refractivity contribution in [3.63, 3.8) is 0 Å². The Labute approximate surface area is 124 Å². The second kappa shape index (κ2) is 6.63. The Morgan fingerprint density at radius 1 is 1.14 bits per heavy atom. The van der Waals surface area contributed by atoms with Gasteiger partial charge in [-0.3, -0.25) is 9.97 Å². The number of pyridine rings is 1. The Kier molecular flexibility index (Phi) is 4.40. The van der Waals surface area contributed by atoms with E-state index in [0.717, 1.165) is 36.5 Å². The maximum atomic E-state index is 9.21. The fourth-order valence-corrected chi connectivity index (χ4v) is 2.89. The summed E-state index contributed by atoms with van der Waals surface area (Å²) in [4.78, 5) is 15.4. The van der Waals surface area contributed by atoms with Gasteiger partial charge in [-0.05, 0) is 37.8 Å². The second-order valence-corrected chi connectivity index (χ2v) is 5.35. The fourth-order valence-electron chi connectivity index (χ4n) is 2.89. The molecule has 1 saturated heterocycles. The highest BCUT2D eigenvalue weighted by molar-refractivity contribution is 5.58. The Hall–Kier alpha value is -2.01. The van der Waals surface area contributed by atoms with Gasteiger partial charge in [-0.15, -0.1) is 0 Å². The molecule has 2 aromatic rings. The molecule has 0 saturated carbocycles. The molecule has 1 atom stereocenters. The third-order valence-electron chi connectivity index (χ3n) is 4.00. The fraction of sp³-hybridized carbons (Fsp3) is 0.438. The predicted molar refractivity (Wildman–Crippen MR) is 82.0 cm³/mol. The average molecular weight is 284 g/mol. The summed E-state index contributed by atoms with van der Waals surface area (Å²) in [5.41, 5.74) is 1.88. The molecule has 3 rings (SSSR count). The minimum Gasteiger partial charge on any atom is -0.396 e.